The third kappa shape index (κ3) is 1.52. The predicted molar refractivity (Wildman–Crippen MR) is 72.6 cm³/mol. The van der Waals surface area contributed by atoms with E-state index < -0.39 is 0 Å². The number of nitrogen functional groups attached to an aromatic ring is 2. The molecule has 0 radical (unpaired) electrons. The lowest BCUT2D eigenvalue weighted by Crippen LogP contribution is -1.86. The Bertz CT molecular complexity index is 669. The molecule has 5 N–H and O–H groups in total. The van der Waals surface area contributed by atoms with Crippen molar-refractivity contribution in [2.45, 2.75) is 0 Å². The molecular weight excluding hydrogens is 210 g/mol. The highest BCUT2D eigenvalue weighted by atomic mass is 14.9. The van der Waals surface area contributed by atoms with E-state index in [1.54, 1.807) is 0 Å². The third-order valence-corrected chi connectivity index (χ3v) is 2.91. The fourth-order valence-corrected chi connectivity index (χ4v) is 2.15. The van der Waals surface area contributed by atoms with Crippen molar-refractivity contribution in [2.24, 2.45) is 0 Å². The van der Waals surface area contributed by atoms with E-state index in [0.717, 1.165) is 27.7 Å². The number of aromatic amines is 1. The van der Waals surface area contributed by atoms with Gasteiger partial charge in [-0.1, -0.05) is 36.4 Å². The monoisotopic (exact) mass is 223 g/mol. The van der Waals surface area contributed by atoms with Crippen LogP contribution in [0.2, 0.25) is 0 Å². The first-order valence-electron chi connectivity index (χ1n) is 5.48. The maximum absolute atomic E-state index is 6.04. The van der Waals surface area contributed by atoms with E-state index in [9.17, 15) is 0 Å². The molecule has 0 saturated heterocycles. The van der Waals surface area contributed by atoms with Crippen molar-refractivity contribution in [2.75, 3.05) is 11.5 Å². The predicted octanol–water partition coefficient (Wildman–Crippen LogP) is 3.00. The molecule has 0 aliphatic carbocycles. The van der Waals surface area contributed by atoms with E-state index >= 15 is 0 Å². The molecule has 2 aromatic carbocycles. The summed E-state index contributed by atoms with van der Waals surface area (Å²) >= 11 is 0. The van der Waals surface area contributed by atoms with Gasteiger partial charge in [0.1, 0.15) is 5.82 Å². The summed E-state index contributed by atoms with van der Waals surface area (Å²) in [7, 11) is 0. The molecule has 3 heteroatoms. The Morgan fingerprint density at radius 2 is 1.65 bits per heavy atom. The quantitative estimate of drug-likeness (QED) is 0.555. The van der Waals surface area contributed by atoms with Crippen LogP contribution >= 0.6 is 0 Å². The summed E-state index contributed by atoms with van der Waals surface area (Å²) in [4.78, 5) is 3.16. The first kappa shape index (κ1) is 9.78. The fourth-order valence-electron chi connectivity index (χ4n) is 2.15. The molecule has 0 spiro atoms. The van der Waals surface area contributed by atoms with Gasteiger partial charge in [-0.15, -0.1) is 0 Å². The van der Waals surface area contributed by atoms with Crippen molar-refractivity contribution in [3.05, 3.63) is 48.5 Å². The number of hydrogen-bond donors (Lipinski definition) is 3. The number of hydrogen-bond acceptors (Lipinski definition) is 2. The van der Waals surface area contributed by atoms with Gasteiger partial charge < -0.3 is 16.5 Å². The first-order chi connectivity index (χ1) is 8.25. The molecule has 0 aliphatic heterocycles. The van der Waals surface area contributed by atoms with Crippen LogP contribution in [-0.2, 0) is 0 Å². The minimum Gasteiger partial charge on any atom is -0.399 e. The molecule has 1 heterocycles. The minimum absolute atomic E-state index is 0.678. The molecule has 0 amide bonds. The number of nitrogens with one attached hydrogen (secondary N) is 1. The van der Waals surface area contributed by atoms with Crippen LogP contribution in [0.4, 0.5) is 11.5 Å². The van der Waals surface area contributed by atoms with Crippen LogP contribution in [0.3, 0.4) is 0 Å². The summed E-state index contributed by atoms with van der Waals surface area (Å²) in [5.41, 5.74) is 15.7. The van der Waals surface area contributed by atoms with Crippen molar-refractivity contribution < 1.29 is 0 Å². The van der Waals surface area contributed by atoms with Gasteiger partial charge in [0.2, 0.25) is 0 Å². The van der Waals surface area contributed by atoms with Crippen molar-refractivity contribution in [3.63, 3.8) is 0 Å². The molecule has 17 heavy (non-hydrogen) atoms. The highest BCUT2D eigenvalue weighted by molar-refractivity contribution is 6.02. The van der Waals surface area contributed by atoms with Gasteiger partial charge in [-0.05, 0) is 17.7 Å². The zero-order valence-corrected chi connectivity index (χ0v) is 9.27. The summed E-state index contributed by atoms with van der Waals surface area (Å²) in [6.45, 7) is 0. The lowest BCUT2D eigenvalue weighted by atomic mass is 10.0. The maximum Gasteiger partial charge on any atom is 0.109 e. The van der Waals surface area contributed by atoms with Gasteiger partial charge in [-0.2, -0.15) is 0 Å². The van der Waals surface area contributed by atoms with Crippen molar-refractivity contribution in [1.29, 1.82) is 0 Å². The van der Waals surface area contributed by atoms with Gasteiger partial charge >= 0.3 is 0 Å². The van der Waals surface area contributed by atoms with E-state index in [1.165, 1.54) is 0 Å². The molecular formula is C14H13N3. The molecule has 0 bridgehead atoms. The van der Waals surface area contributed by atoms with E-state index in [0.29, 0.717) is 5.82 Å². The Morgan fingerprint density at radius 1 is 0.882 bits per heavy atom. The number of aromatic nitrogens is 1. The zero-order chi connectivity index (χ0) is 11.8. The summed E-state index contributed by atoms with van der Waals surface area (Å²) in [6.07, 6.45) is 0. The smallest absolute Gasteiger partial charge is 0.109 e. The standard InChI is InChI=1S/C14H13N3/c15-10-6-7-11-12(8-10)17-14(16)13(11)9-4-2-1-3-5-9/h1-8,17H,15-16H2. The SMILES string of the molecule is Nc1ccc2c(-c3ccccc3)c(N)[nH]c2c1. The second kappa shape index (κ2) is 3.56. The highest BCUT2D eigenvalue weighted by Crippen LogP contribution is 2.34. The molecule has 0 unspecified atom stereocenters. The maximum atomic E-state index is 6.04. The molecule has 3 aromatic rings. The van der Waals surface area contributed by atoms with Gasteiger partial charge in [0, 0.05) is 22.2 Å². The average Bonchev–Trinajstić information content (AvgIpc) is 2.65. The first-order valence-corrected chi connectivity index (χ1v) is 5.48. The number of nitrogens with two attached hydrogens (primary N) is 2. The second-order valence-electron chi connectivity index (χ2n) is 4.08. The molecule has 0 aliphatic rings. The fraction of sp³-hybridized carbons (Fsp3) is 0. The number of rotatable bonds is 1. The average molecular weight is 223 g/mol. The summed E-state index contributed by atoms with van der Waals surface area (Å²) in [5, 5.41) is 1.10. The molecule has 3 rings (SSSR count). The molecule has 1 aromatic heterocycles. The lowest BCUT2D eigenvalue weighted by Gasteiger charge is -2.01. The molecule has 0 atom stereocenters. The Kier molecular flexibility index (Phi) is 2.05. The molecule has 3 nitrogen and oxygen atoms in total. The van der Waals surface area contributed by atoms with E-state index in [2.05, 4.69) is 17.1 Å². The van der Waals surface area contributed by atoms with Gasteiger partial charge in [0.05, 0.1) is 0 Å². The van der Waals surface area contributed by atoms with Gasteiger partial charge in [-0.3, -0.25) is 0 Å². The Labute approximate surface area is 99.1 Å². The van der Waals surface area contributed by atoms with Crippen LogP contribution in [0.5, 0.6) is 0 Å². The van der Waals surface area contributed by atoms with E-state index in [-0.39, 0.29) is 0 Å². The minimum atomic E-state index is 0.678. The van der Waals surface area contributed by atoms with Crippen LogP contribution < -0.4 is 11.5 Å². The van der Waals surface area contributed by atoms with Gasteiger partial charge in [0.25, 0.3) is 0 Å². The normalized spacial score (nSPS) is 10.8. The number of benzene rings is 2. The van der Waals surface area contributed by atoms with Crippen molar-refractivity contribution in [1.82, 2.24) is 4.98 Å². The molecule has 84 valence electrons. The second-order valence-corrected chi connectivity index (χ2v) is 4.08. The largest absolute Gasteiger partial charge is 0.399 e. The Morgan fingerprint density at radius 3 is 2.41 bits per heavy atom. The Hall–Kier alpha value is -2.42. The summed E-state index contributed by atoms with van der Waals surface area (Å²) in [6, 6.07) is 15.9. The van der Waals surface area contributed by atoms with E-state index in [1.807, 2.05) is 36.4 Å². The van der Waals surface area contributed by atoms with Crippen LogP contribution in [0.25, 0.3) is 22.0 Å². The Balaban J connectivity index is 2.33. The van der Waals surface area contributed by atoms with E-state index in [4.69, 9.17) is 11.5 Å². The lowest BCUT2D eigenvalue weighted by molar-refractivity contribution is 1.47. The molecule has 0 saturated carbocycles. The summed E-state index contributed by atoms with van der Waals surface area (Å²) < 4.78 is 0. The van der Waals surface area contributed by atoms with Crippen LogP contribution in [0.1, 0.15) is 0 Å². The van der Waals surface area contributed by atoms with Gasteiger partial charge in [-0.25, -0.2) is 0 Å². The number of fused-ring (bicyclic) bond motifs is 1. The van der Waals surface area contributed by atoms with Gasteiger partial charge in [0.15, 0.2) is 0 Å². The number of H-pyrrole nitrogens is 1. The van der Waals surface area contributed by atoms with Crippen molar-refractivity contribution >= 4 is 22.4 Å². The summed E-state index contributed by atoms with van der Waals surface area (Å²) in [5.74, 6) is 0.678. The van der Waals surface area contributed by atoms with Crippen molar-refractivity contribution in [3.8, 4) is 11.1 Å². The van der Waals surface area contributed by atoms with Crippen LogP contribution in [-0.4, -0.2) is 4.98 Å². The zero-order valence-electron chi connectivity index (χ0n) is 9.27. The third-order valence-electron chi connectivity index (χ3n) is 2.91. The highest BCUT2D eigenvalue weighted by Gasteiger charge is 2.10. The molecule has 0 fully saturated rings. The van der Waals surface area contributed by atoms with Crippen LogP contribution in [0, 0.1) is 0 Å². The van der Waals surface area contributed by atoms with Crippen LogP contribution in [0.15, 0.2) is 48.5 Å². The number of anilines is 2. The topological polar surface area (TPSA) is 67.8 Å².